The number of nitrogens with one attached hydrogen (secondary N) is 1. The average molecular weight is 552 g/mol. The van der Waals surface area contributed by atoms with Crippen LogP contribution in [0.25, 0.3) is 11.0 Å². The maximum absolute atomic E-state index is 14.7. The number of carbonyl (C=O) groups is 1. The van der Waals surface area contributed by atoms with Crippen molar-refractivity contribution in [2.45, 2.75) is 56.5 Å². The zero-order valence-electron chi connectivity index (χ0n) is 21.4. The number of hydrogen-bond donors (Lipinski definition) is 1. The zero-order valence-corrected chi connectivity index (χ0v) is 21.4. The minimum absolute atomic E-state index is 0.0155. The fourth-order valence-corrected chi connectivity index (χ4v) is 5.43. The number of methoxy groups -OCH3 is 2. The third-order valence-electron chi connectivity index (χ3n) is 7.71. The fraction of sp³-hybridized carbons (Fsp3) is 0.462. The maximum atomic E-state index is 14.7. The molecule has 0 amide bonds. The van der Waals surface area contributed by atoms with Gasteiger partial charge in [0.2, 0.25) is 5.82 Å². The van der Waals surface area contributed by atoms with Crippen LogP contribution >= 0.6 is 0 Å². The van der Waals surface area contributed by atoms with E-state index < -0.39 is 59.1 Å². The molecule has 0 spiro atoms. The van der Waals surface area contributed by atoms with Gasteiger partial charge in [-0.2, -0.15) is 17.6 Å². The van der Waals surface area contributed by atoms with Gasteiger partial charge in [-0.05, 0) is 31.9 Å². The minimum Gasteiger partial charge on any atom is -0.493 e. The number of nitrogens with zero attached hydrogens (tertiary/aromatic N) is 3. The molecular weight excluding hydrogens is 527 g/mol. The van der Waals surface area contributed by atoms with Gasteiger partial charge in [0, 0.05) is 23.6 Å². The van der Waals surface area contributed by atoms with Crippen LogP contribution in [0, 0.1) is 17.6 Å². The summed E-state index contributed by atoms with van der Waals surface area (Å²) in [5.74, 6) is -5.81. The molecule has 5 rings (SSSR count). The molecule has 3 aromatic rings. The van der Waals surface area contributed by atoms with Crippen molar-refractivity contribution in [2.24, 2.45) is 10.9 Å². The van der Waals surface area contributed by atoms with Crippen molar-refractivity contribution in [3.8, 4) is 5.75 Å². The standard InChI is InChI=1S/C26H25F5N4O4/c1-11-17(12-5-6-13(27)18(28)21(12)37-3)22(39-25(11,2)26(29,30)31)23-34-15-9-10-32-19(20(15)35-23)14-7-8-16(33-14)24(36)38-4/h5-6,9-11,16-17,22H,7-8H2,1-4H3,(H,34,35)/t11-,16?,17-,22+,25+/m0/s1. The van der Waals surface area contributed by atoms with Gasteiger partial charge in [0.05, 0.1) is 25.4 Å². The summed E-state index contributed by atoms with van der Waals surface area (Å²) in [5.41, 5.74) is -0.971. The topological polar surface area (TPSA) is 98.7 Å². The lowest BCUT2D eigenvalue weighted by Crippen LogP contribution is -2.46. The van der Waals surface area contributed by atoms with Gasteiger partial charge in [0.15, 0.2) is 17.2 Å². The molecule has 2 aliphatic rings. The number of aromatic amines is 1. The number of halogens is 5. The van der Waals surface area contributed by atoms with Crippen LogP contribution in [0.1, 0.15) is 55.8 Å². The second kappa shape index (κ2) is 9.54. The van der Waals surface area contributed by atoms with Gasteiger partial charge in [-0.15, -0.1) is 0 Å². The van der Waals surface area contributed by atoms with E-state index in [1.165, 1.54) is 26.3 Å². The number of aliphatic imine (C=N–C) groups is 1. The Hall–Kier alpha value is -3.61. The summed E-state index contributed by atoms with van der Waals surface area (Å²) in [6.45, 7) is 2.27. The van der Waals surface area contributed by atoms with E-state index in [0.717, 1.165) is 20.1 Å². The monoisotopic (exact) mass is 552 g/mol. The van der Waals surface area contributed by atoms with Crippen LogP contribution in [-0.2, 0) is 14.3 Å². The first-order valence-corrected chi connectivity index (χ1v) is 12.2. The highest BCUT2D eigenvalue weighted by Crippen LogP contribution is 2.59. The van der Waals surface area contributed by atoms with Gasteiger partial charge in [-0.3, -0.25) is 9.98 Å². The van der Waals surface area contributed by atoms with E-state index in [-0.39, 0.29) is 11.4 Å². The Morgan fingerprint density at radius 1 is 1.21 bits per heavy atom. The SMILES string of the molecule is COC(=O)C1CCC(c2nccc3[nH]c([C@@H]4O[C@@](C)(C(F)(F)F)[C@@H](C)[C@H]4c4ccc(F)c(F)c4OC)nc23)=N1. The first kappa shape index (κ1) is 27.0. The Kier molecular flexibility index (Phi) is 6.60. The number of ether oxygens (including phenoxy) is 3. The molecular formula is C26H25F5N4O4. The highest BCUT2D eigenvalue weighted by Gasteiger charge is 2.65. The molecule has 4 heterocycles. The first-order valence-electron chi connectivity index (χ1n) is 12.2. The van der Waals surface area contributed by atoms with Gasteiger partial charge in [0.25, 0.3) is 0 Å². The fourth-order valence-electron chi connectivity index (χ4n) is 5.43. The lowest BCUT2D eigenvalue weighted by Gasteiger charge is -2.32. The van der Waals surface area contributed by atoms with Crippen LogP contribution in [-0.4, -0.2) is 58.7 Å². The Balaban J connectivity index is 1.64. The Morgan fingerprint density at radius 3 is 2.62 bits per heavy atom. The molecule has 0 saturated carbocycles. The Bertz CT molecular complexity index is 1470. The van der Waals surface area contributed by atoms with Crippen molar-refractivity contribution < 1.29 is 41.0 Å². The van der Waals surface area contributed by atoms with Crippen molar-refractivity contribution in [1.82, 2.24) is 15.0 Å². The molecule has 5 atom stereocenters. The number of fused-ring (bicyclic) bond motifs is 1. The summed E-state index contributed by atoms with van der Waals surface area (Å²) >= 11 is 0. The Morgan fingerprint density at radius 2 is 1.95 bits per heavy atom. The van der Waals surface area contributed by atoms with Gasteiger partial charge in [0.1, 0.15) is 29.2 Å². The number of carbonyl (C=O) groups excluding carboxylic acids is 1. The molecule has 0 aliphatic carbocycles. The smallest absolute Gasteiger partial charge is 0.417 e. The lowest BCUT2D eigenvalue weighted by molar-refractivity contribution is -0.275. The second-order valence-corrected chi connectivity index (χ2v) is 9.77. The molecule has 208 valence electrons. The highest BCUT2D eigenvalue weighted by molar-refractivity contribution is 6.09. The van der Waals surface area contributed by atoms with E-state index in [2.05, 4.69) is 19.9 Å². The molecule has 1 saturated heterocycles. The Labute approximate surface area is 219 Å². The second-order valence-electron chi connectivity index (χ2n) is 9.77. The van der Waals surface area contributed by atoms with Crippen LogP contribution in [0.15, 0.2) is 29.4 Å². The summed E-state index contributed by atoms with van der Waals surface area (Å²) in [6.07, 6.45) is -3.79. The molecule has 13 heteroatoms. The highest BCUT2D eigenvalue weighted by atomic mass is 19.4. The number of alkyl halides is 3. The van der Waals surface area contributed by atoms with E-state index in [9.17, 15) is 26.7 Å². The average Bonchev–Trinajstić information content (AvgIpc) is 3.62. The van der Waals surface area contributed by atoms with Gasteiger partial charge in [-0.25, -0.2) is 14.2 Å². The van der Waals surface area contributed by atoms with Crippen LogP contribution in [0.3, 0.4) is 0 Å². The number of benzene rings is 1. The van der Waals surface area contributed by atoms with Crippen molar-refractivity contribution in [1.29, 1.82) is 0 Å². The van der Waals surface area contributed by atoms with Gasteiger partial charge in [-0.1, -0.05) is 13.0 Å². The molecule has 1 aromatic carbocycles. The predicted octanol–water partition coefficient (Wildman–Crippen LogP) is 5.18. The van der Waals surface area contributed by atoms with E-state index >= 15 is 0 Å². The molecule has 2 aromatic heterocycles. The lowest BCUT2D eigenvalue weighted by atomic mass is 9.77. The van der Waals surface area contributed by atoms with Crippen molar-refractivity contribution in [3.63, 3.8) is 0 Å². The predicted molar refractivity (Wildman–Crippen MR) is 129 cm³/mol. The van der Waals surface area contributed by atoms with Gasteiger partial charge >= 0.3 is 12.1 Å². The van der Waals surface area contributed by atoms with Crippen LogP contribution in [0.2, 0.25) is 0 Å². The number of aromatic nitrogens is 3. The maximum Gasteiger partial charge on any atom is 0.417 e. The van der Waals surface area contributed by atoms with E-state index in [4.69, 9.17) is 14.2 Å². The number of H-pyrrole nitrogens is 1. The number of imidazole rings is 1. The molecule has 2 aliphatic heterocycles. The minimum atomic E-state index is -4.79. The molecule has 8 nitrogen and oxygen atoms in total. The number of esters is 1. The summed E-state index contributed by atoms with van der Waals surface area (Å²) in [7, 11) is 2.38. The first-order chi connectivity index (χ1) is 18.4. The normalized spacial score (nSPS) is 27.2. The third-order valence-corrected chi connectivity index (χ3v) is 7.71. The number of pyridine rings is 1. The van der Waals surface area contributed by atoms with Crippen molar-refractivity contribution >= 4 is 22.7 Å². The molecule has 1 unspecified atom stereocenters. The van der Waals surface area contributed by atoms with Gasteiger partial charge < -0.3 is 19.2 Å². The van der Waals surface area contributed by atoms with Crippen molar-refractivity contribution in [2.75, 3.05) is 14.2 Å². The molecule has 0 bridgehead atoms. The van der Waals surface area contributed by atoms with Crippen molar-refractivity contribution in [3.05, 3.63) is 53.1 Å². The zero-order chi connectivity index (χ0) is 28.3. The van der Waals surface area contributed by atoms with Crippen LogP contribution in [0.5, 0.6) is 5.75 Å². The third kappa shape index (κ3) is 4.23. The molecule has 1 fully saturated rings. The summed E-state index contributed by atoms with van der Waals surface area (Å²) in [5, 5.41) is 0. The van der Waals surface area contributed by atoms with E-state index in [1.54, 1.807) is 6.07 Å². The summed E-state index contributed by atoms with van der Waals surface area (Å²) in [6, 6.07) is 2.96. The molecule has 1 N–H and O–H groups in total. The van der Waals surface area contributed by atoms with E-state index in [0.29, 0.717) is 35.3 Å². The number of hydrogen-bond acceptors (Lipinski definition) is 7. The van der Waals surface area contributed by atoms with Crippen LogP contribution < -0.4 is 4.74 Å². The molecule has 0 radical (unpaired) electrons. The largest absolute Gasteiger partial charge is 0.493 e. The quantitative estimate of drug-likeness (QED) is 0.346. The summed E-state index contributed by atoms with van der Waals surface area (Å²) < 4.78 is 87.2. The molecule has 39 heavy (non-hydrogen) atoms. The van der Waals surface area contributed by atoms with Crippen LogP contribution in [0.4, 0.5) is 22.0 Å². The number of rotatable bonds is 5. The van der Waals surface area contributed by atoms with E-state index in [1.807, 2.05) is 0 Å². The summed E-state index contributed by atoms with van der Waals surface area (Å²) in [4.78, 5) is 28.3.